The molecule has 0 unspecified atom stereocenters. The maximum atomic E-state index is 4.34. The molecule has 0 radical (unpaired) electrons. The van der Waals surface area contributed by atoms with Crippen LogP contribution in [0.3, 0.4) is 0 Å². The van der Waals surface area contributed by atoms with Gasteiger partial charge in [0.25, 0.3) is 0 Å². The van der Waals surface area contributed by atoms with Crippen molar-refractivity contribution in [3.05, 3.63) is 30.3 Å². The molecule has 2 aromatic rings. The highest BCUT2D eigenvalue weighted by Gasteiger charge is 2.20. The highest BCUT2D eigenvalue weighted by Crippen LogP contribution is 2.33. The van der Waals surface area contributed by atoms with E-state index >= 15 is 0 Å². The molecule has 1 saturated carbocycles. The Bertz CT molecular complexity index is 562. The lowest BCUT2D eigenvalue weighted by molar-refractivity contribution is 0.416. The third-order valence-corrected chi connectivity index (χ3v) is 3.92. The number of fused-ring (bicyclic) bond motifs is 1. The van der Waals surface area contributed by atoms with Crippen molar-refractivity contribution < 1.29 is 0 Å². The van der Waals surface area contributed by atoms with Crippen LogP contribution in [0.4, 0.5) is 0 Å². The van der Waals surface area contributed by atoms with Gasteiger partial charge in [0.1, 0.15) is 5.52 Å². The second-order valence-corrected chi connectivity index (χ2v) is 5.04. The van der Waals surface area contributed by atoms with Crippen molar-refractivity contribution in [1.29, 1.82) is 0 Å². The monoisotopic (exact) mass is 241 g/mol. The van der Waals surface area contributed by atoms with Crippen LogP contribution in [0.2, 0.25) is 0 Å². The van der Waals surface area contributed by atoms with Crippen LogP contribution in [0, 0.1) is 5.92 Å². The Balaban J connectivity index is 2.01. The van der Waals surface area contributed by atoms with E-state index in [1.54, 1.807) is 0 Å². The number of para-hydroxylation sites is 1. The molecule has 0 atom stereocenters. The molecule has 0 saturated heterocycles. The molecule has 3 nitrogen and oxygen atoms in total. The number of benzene rings is 1. The first kappa shape index (κ1) is 11.5. The maximum Gasteiger partial charge on any atom is 0.113 e. The summed E-state index contributed by atoms with van der Waals surface area (Å²) in [5.74, 6) is 0.647. The highest BCUT2D eigenvalue weighted by atomic mass is 15.4. The molecule has 1 aromatic carbocycles. The van der Waals surface area contributed by atoms with E-state index in [-0.39, 0.29) is 0 Å². The van der Waals surface area contributed by atoms with E-state index in [4.69, 9.17) is 0 Å². The molecule has 1 aliphatic carbocycles. The quantitative estimate of drug-likeness (QED) is 0.799. The average Bonchev–Trinajstić information content (AvgIpc) is 2.85. The van der Waals surface area contributed by atoms with E-state index in [0.29, 0.717) is 5.92 Å². The fraction of sp³-hybridized carbons (Fsp3) is 0.467. The van der Waals surface area contributed by atoms with E-state index in [9.17, 15) is 0 Å². The predicted molar refractivity (Wildman–Crippen MR) is 74.1 cm³/mol. The number of nitrogens with zero attached hydrogens (tertiary/aromatic N) is 3. The van der Waals surface area contributed by atoms with Gasteiger partial charge in [-0.3, -0.25) is 0 Å². The summed E-state index contributed by atoms with van der Waals surface area (Å²) in [6.07, 6.45) is 8.84. The van der Waals surface area contributed by atoms with Crippen molar-refractivity contribution >= 4 is 16.7 Å². The molecule has 3 heteroatoms. The maximum absolute atomic E-state index is 4.34. The standard InChI is InChI=1S/C15H19N3/c1-2-14(12-8-4-3-5-9-12)18-15-11-7-6-10-13(15)16-17-18/h2,6-7,10-12H,3-5,8-9H2,1H3/b14-2+. The summed E-state index contributed by atoms with van der Waals surface area (Å²) < 4.78 is 2.03. The van der Waals surface area contributed by atoms with Crippen molar-refractivity contribution in [1.82, 2.24) is 15.0 Å². The van der Waals surface area contributed by atoms with Crippen LogP contribution in [-0.4, -0.2) is 15.0 Å². The molecule has 0 spiro atoms. The summed E-state index contributed by atoms with van der Waals surface area (Å²) in [4.78, 5) is 0. The van der Waals surface area contributed by atoms with Gasteiger partial charge in [0.2, 0.25) is 0 Å². The molecule has 0 bridgehead atoms. The second-order valence-electron chi connectivity index (χ2n) is 5.04. The molecule has 94 valence electrons. The molecule has 18 heavy (non-hydrogen) atoms. The number of aromatic nitrogens is 3. The molecule has 1 heterocycles. The zero-order chi connectivity index (χ0) is 12.4. The first-order valence-corrected chi connectivity index (χ1v) is 6.87. The van der Waals surface area contributed by atoms with Gasteiger partial charge in [0.05, 0.1) is 5.52 Å². The minimum atomic E-state index is 0.647. The molecule has 1 aromatic heterocycles. The zero-order valence-corrected chi connectivity index (χ0v) is 10.8. The average molecular weight is 241 g/mol. The Morgan fingerprint density at radius 3 is 2.78 bits per heavy atom. The van der Waals surface area contributed by atoms with Crippen LogP contribution >= 0.6 is 0 Å². The number of allylic oxidation sites excluding steroid dienone is 2. The zero-order valence-electron chi connectivity index (χ0n) is 10.8. The van der Waals surface area contributed by atoms with Gasteiger partial charge in [-0.05, 0) is 31.9 Å². The first-order chi connectivity index (χ1) is 8.90. The van der Waals surface area contributed by atoms with Crippen molar-refractivity contribution in [2.24, 2.45) is 5.92 Å². The van der Waals surface area contributed by atoms with E-state index < -0.39 is 0 Å². The number of rotatable bonds is 2. The summed E-state index contributed by atoms with van der Waals surface area (Å²) in [7, 11) is 0. The van der Waals surface area contributed by atoms with Gasteiger partial charge >= 0.3 is 0 Å². The van der Waals surface area contributed by atoms with Crippen LogP contribution in [0.5, 0.6) is 0 Å². The minimum Gasteiger partial charge on any atom is -0.217 e. The van der Waals surface area contributed by atoms with Crippen LogP contribution in [0.25, 0.3) is 16.7 Å². The van der Waals surface area contributed by atoms with Gasteiger partial charge in [-0.2, -0.15) is 0 Å². The molecule has 0 amide bonds. The van der Waals surface area contributed by atoms with Crippen LogP contribution < -0.4 is 0 Å². The van der Waals surface area contributed by atoms with Gasteiger partial charge < -0.3 is 0 Å². The summed E-state index contributed by atoms with van der Waals surface area (Å²) in [5, 5.41) is 8.59. The SMILES string of the molecule is C/C=C(\C1CCCCC1)n1nnc2ccccc21. The van der Waals surface area contributed by atoms with E-state index in [2.05, 4.69) is 35.4 Å². The Morgan fingerprint density at radius 2 is 2.00 bits per heavy atom. The van der Waals surface area contributed by atoms with Crippen LogP contribution in [0.1, 0.15) is 39.0 Å². The minimum absolute atomic E-state index is 0.647. The van der Waals surface area contributed by atoms with E-state index in [0.717, 1.165) is 11.0 Å². The van der Waals surface area contributed by atoms with Gasteiger partial charge in [-0.1, -0.05) is 42.7 Å². The van der Waals surface area contributed by atoms with Crippen LogP contribution in [-0.2, 0) is 0 Å². The van der Waals surface area contributed by atoms with Crippen molar-refractivity contribution in [2.75, 3.05) is 0 Å². The van der Waals surface area contributed by atoms with Crippen molar-refractivity contribution in [3.8, 4) is 0 Å². The van der Waals surface area contributed by atoms with Gasteiger partial charge in [-0.25, -0.2) is 4.68 Å². The van der Waals surface area contributed by atoms with Crippen molar-refractivity contribution in [3.63, 3.8) is 0 Å². The smallest absolute Gasteiger partial charge is 0.113 e. The summed E-state index contributed by atoms with van der Waals surface area (Å²) in [6.45, 7) is 2.11. The lowest BCUT2D eigenvalue weighted by atomic mass is 9.86. The molecule has 3 rings (SSSR count). The van der Waals surface area contributed by atoms with Crippen LogP contribution in [0.15, 0.2) is 30.3 Å². The molecule has 0 N–H and O–H groups in total. The van der Waals surface area contributed by atoms with Crippen molar-refractivity contribution in [2.45, 2.75) is 39.0 Å². The third-order valence-electron chi connectivity index (χ3n) is 3.92. The first-order valence-electron chi connectivity index (χ1n) is 6.87. The largest absolute Gasteiger partial charge is 0.217 e. The topological polar surface area (TPSA) is 30.7 Å². The normalized spacial score (nSPS) is 18.4. The lowest BCUT2D eigenvalue weighted by Crippen LogP contribution is -2.14. The lowest BCUT2D eigenvalue weighted by Gasteiger charge is -2.24. The van der Waals surface area contributed by atoms with E-state index in [1.807, 2.05) is 16.8 Å². The Kier molecular flexibility index (Phi) is 3.13. The fourth-order valence-corrected chi connectivity index (χ4v) is 2.99. The summed E-state index contributed by atoms with van der Waals surface area (Å²) in [5.41, 5.74) is 3.42. The molecular formula is C15H19N3. The predicted octanol–water partition coefficient (Wildman–Crippen LogP) is 3.87. The fourth-order valence-electron chi connectivity index (χ4n) is 2.99. The Labute approximate surface area is 107 Å². The Morgan fingerprint density at radius 1 is 1.22 bits per heavy atom. The van der Waals surface area contributed by atoms with Gasteiger partial charge in [-0.15, -0.1) is 5.10 Å². The number of hydrogen-bond acceptors (Lipinski definition) is 2. The molecule has 1 aliphatic rings. The Hall–Kier alpha value is -1.64. The summed E-state index contributed by atoms with van der Waals surface area (Å²) in [6, 6.07) is 8.18. The highest BCUT2D eigenvalue weighted by molar-refractivity contribution is 5.77. The molecular weight excluding hydrogens is 222 g/mol. The molecule has 1 fully saturated rings. The van der Waals surface area contributed by atoms with Gasteiger partial charge in [0, 0.05) is 11.6 Å². The summed E-state index contributed by atoms with van der Waals surface area (Å²) >= 11 is 0. The van der Waals surface area contributed by atoms with Gasteiger partial charge in [0.15, 0.2) is 0 Å². The second kappa shape index (κ2) is 4.92. The number of hydrogen-bond donors (Lipinski definition) is 0. The molecule has 0 aliphatic heterocycles. The van der Waals surface area contributed by atoms with E-state index in [1.165, 1.54) is 37.8 Å². The third kappa shape index (κ3) is 1.94.